The Morgan fingerprint density at radius 1 is 0.865 bits per heavy atom. The number of piperidine rings is 1. The van der Waals surface area contributed by atoms with Crippen LogP contribution in [0.4, 0.5) is 0 Å². The van der Waals surface area contributed by atoms with Crippen LogP contribution >= 0.6 is 11.6 Å². The topological polar surface area (TPSA) is 122 Å². The number of carbonyl (C=O) groups excluding carboxylic acids is 1. The normalized spacial score (nSPS) is 18.4. The third kappa shape index (κ3) is 6.81. The minimum atomic E-state index is -3.62. The Balaban J connectivity index is 1.19. The second-order valence-corrected chi connectivity index (χ2v) is 13.1. The number of sulfonamides is 2. The number of rotatable bonds is 9. The summed E-state index contributed by atoms with van der Waals surface area (Å²) in [6.45, 7) is 2.44. The lowest BCUT2D eigenvalue weighted by Crippen LogP contribution is -2.43. The Hall–Kier alpha value is -2.22. The summed E-state index contributed by atoms with van der Waals surface area (Å²) in [6.07, 6.45) is 0.858. The van der Waals surface area contributed by atoms with Crippen molar-refractivity contribution in [3.8, 4) is 5.75 Å². The second kappa shape index (κ2) is 12.1. The molecule has 13 heteroatoms. The van der Waals surface area contributed by atoms with Crippen molar-refractivity contribution in [1.82, 2.24) is 13.9 Å². The smallest absolute Gasteiger partial charge is 0.243 e. The van der Waals surface area contributed by atoms with Crippen LogP contribution in [0.1, 0.15) is 12.8 Å². The highest BCUT2D eigenvalue weighted by Gasteiger charge is 2.32. The molecule has 2 saturated heterocycles. The van der Waals surface area contributed by atoms with Crippen LogP contribution < -0.4 is 10.1 Å². The predicted molar refractivity (Wildman–Crippen MR) is 137 cm³/mol. The standard InChI is InChI=1S/C24H30ClN3O7S2/c25-20-1-5-22(6-2-20)36(30,31)27-12-9-19(10-13-27)24(29)26-11-16-35-21-3-7-23(8-4-21)37(32,33)28-14-17-34-18-15-28/h1-8,19H,9-18H2,(H,26,29). The number of ether oxygens (including phenoxy) is 2. The first-order chi connectivity index (χ1) is 17.7. The molecule has 2 aliphatic heterocycles. The summed E-state index contributed by atoms with van der Waals surface area (Å²) >= 11 is 5.85. The molecule has 2 heterocycles. The van der Waals surface area contributed by atoms with Crippen molar-refractivity contribution >= 4 is 37.6 Å². The fourth-order valence-corrected chi connectivity index (χ4v) is 7.25. The summed E-state index contributed by atoms with van der Waals surface area (Å²) < 4.78 is 64.6. The molecule has 0 bridgehead atoms. The molecule has 0 unspecified atom stereocenters. The molecule has 2 aromatic carbocycles. The zero-order valence-corrected chi connectivity index (χ0v) is 22.6. The first kappa shape index (κ1) is 27.8. The van der Waals surface area contributed by atoms with E-state index in [0.29, 0.717) is 49.9 Å². The minimum Gasteiger partial charge on any atom is -0.492 e. The van der Waals surface area contributed by atoms with Crippen molar-refractivity contribution in [2.75, 3.05) is 52.5 Å². The molecule has 0 aromatic heterocycles. The van der Waals surface area contributed by atoms with Gasteiger partial charge in [-0.3, -0.25) is 4.79 Å². The van der Waals surface area contributed by atoms with E-state index in [0.717, 1.165) is 0 Å². The van der Waals surface area contributed by atoms with Gasteiger partial charge in [0.05, 0.1) is 29.5 Å². The van der Waals surface area contributed by atoms with Gasteiger partial charge in [-0.1, -0.05) is 11.6 Å². The van der Waals surface area contributed by atoms with E-state index in [-0.39, 0.29) is 47.9 Å². The first-order valence-corrected chi connectivity index (χ1v) is 15.3. The van der Waals surface area contributed by atoms with E-state index >= 15 is 0 Å². The summed E-state index contributed by atoms with van der Waals surface area (Å²) in [5.41, 5.74) is 0. The lowest BCUT2D eigenvalue weighted by molar-refractivity contribution is -0.126. The van der Waals surface area contributed by atoms with Crippen molar-refractivity contribution in [1.29, 1.82) is 0 Å². The molecule has 2 fully saturated rings. The summed E-state index contributed by atoms with van der Waals surface area (Å²) in [4.78, 5) is 12.9. The maximum absolute atomic E-state index is 12.8. The zero-order chi connectivity index (χ0) is 26.5. The van der Waals surface area contributed by atoms with Gasteiger partial charge in [0.15, 0.2) is 0 Å². The summed E-state index contributed by atoms with van der Waals surface area (Å²) in [5.74, 6) is 0.0799. The van der Waals surface area contributed by atoms with E-state index in [9.17, 15) is 21.6 Å². The summed E-state index contributed by atoms with van der Waals surface area (Å²) in [6, 6.07) is 12.2. The van der Waals surface area contributed by atoms with Crippen LogP contribution in [0.3, 0.4) is 0 Å². The molecule has 0 radical (unpaired) electrons. The van der Waals surface area contributed by atoms with Crippen molar-refractivity contribution in [3.05, 3.63) is 53.6 Å². The number of hydrogen-bond acceptors (Lipinski definition) is 7. The van der Waals surface area contributed by atoms with Crippen LogP contribution in [-0.4, -0.2) is 83.9 Å². The lowest BCUT2D eigenvalue weighted by atomic mass is 9.97. The number of halogens is 1. The highest BCUT2D eigenvalue weighted by atomic mass is 35.5. The average Bonchev–Trinajstić information content (AvgIpc) is 2.92. The summed E-state index contributed by atoms with van der Waals surface area (Å²) in [7, 11) is -7.19. The van der Waals surface area contributed by atoms with Gasteiger partial charge >= 0.3 is 0 Å². The van der Waals surface area contributed by atoms with Gasteiger partial charge in [-0.15, -0.1) is 0 Å². The largest absolute Gasteiger partial charge is 0.492 e. The van der Waals surface area contributed by atoms with E-state index in [1.54, 1.807) is 24.3 Å². The monoisotopic (exact) mass is 571 g/mol. The first-order valence-electron chi connectivity index (χ1n) is 12.0. The SMILES string of the molecule is O=C(NCCOc1ccc(S(=O)(=O)N2CCOCC2)cc1)C1CCN(S(=O)(=O)c2ccc(Cl)cc2)CC1. The Labute approximate surface area is 222 Å². The van der Waals surface area contributed by atoms with Crippen LogP contribution in [0.25, 0.3) is 0 Å². The number of amides is 1. The van der Waals surface area contributed by atoms with E-state index in [1.165, 1.54) is 32.9 Å². The van der Waals surface area contributed by atoms with Gasteiger partial charge in [0.2, 0.25) is 26.0 Å². The van der Waals surface area contributed by atoms with E-state index in [4.69, 9.17) is 21.1 Å². The van der Waals surface area contributed by atoms with E-state index < -0.39 is 20.0 Å². The Bertz CT molecular complexity index is 1270. The fourth-order valence-electron chi connectivity index (χ4n) is 4.25. The van der Waals surface area contributed by atoms with Gasteiger partial charge in [0, 0.05) is 37.1 Å². The second-order valence-electron chi connectivity index (χ2n) is 8.76. The minimum absolute atomic E-state index is 0.140. The fraction of sp³-hybridized carbons (Fsp3) is 0.458. The van der Waals surface area contributed by atoms with Crippen LogP contribution in [0.2, 0.25) is 5.02 Å². The van der Waals surface area contributed by atoms with Crippen molar-refractivity contribution in [2.45, 2.75) is 22.6 Å². The Morgan fingerprint density at radius 3 is 1.95 bits per heavy atom. The average molecular weight is 572 g/mol. The predicted octanol–water partition coefficient (Wildman–Crippen LogP) is 1.96. The third-order valence-corrected chi connectivity index (χ3v) is 10.5. The Morgan fingerprint density at radius 2 is 1.38 bits per heavy atom. The molecule has 0 spiro atoms. The number of nitrogens with zero attached hydrogens (tertiary/aromatic N) is 2. The van der Waals surface area contributed by atoms with Gasteiger partial charge < -0.3 is 14.8 Å². The number of carbonyl (C=O) groups is 1. The molecule has 2 aliphatic rings. The molecule has 202 valence electrons. The van der Waals surface area contributed by atoms with Crippen molar-refractivity contribution < 1.29 is 31.1 Å². The Kier molecular flexibility index (Phi) is 9.09. The van der Waals surface area contributed by atoms with Crippen molar-refractivity contribution in [2.24, 2.45) is 5.92 Å². The molecule has 4 rings (SSSR count). The summed E-state index contributed by atoms with van der Waals surface area (Å²) in [5, 5.41) is 3.30. The van der Waals surface area contributed by atoms with Gasteiger partial charge in [-0.2, -0.15) is 8.61 Å². The van der Waals surface area contributed by atoms with Gasteiger partial charge in [-0.05, 0) is 61.4 Å². The molecule has 0 aliphatic carbocycles. The number of nitrogens with one attached hydrogen (secondary N) is 1. The van der Waals surface area contributed by atoms with E-state index in [2.05, 4.69) is 5.32 Å². The molecule has 10 nitrogen and oxygen atoms in total. The maximum atomic E-state index is 12.8. The maximum Gasteiger partial charge on any atom is 0.243 e. The highest BCUT2D eigenvalue weighted by Crippen LogP contribution is 2.25. The zero-order valence-electron chi connectivity index (χ0n) is 20.2. The molecule has 2 aromatic rings. The van der Waals surface area contributed by atoms with E-state index in [1.807, 2.05) is 0 Å². The quantitative estimate of drug-likeness (QED) is 0.456. The van der Waals surface area contributed by atoms with Crippen LogP contribution in [0.5, 0.6) is 5.75 Å². The number of hydrogen-bond donors (Lipinski definition) is 1. The molecule has 1 amide bonds. The molecular weight excluding hydrogens is 542 g/mol. The molecule has 37 heavy (non-hydrogen) atoms. The molecule has 1 N–H and O–H groups in total. The van der Waals surface area contributed by atoms with Crippen LogP contribution in [0, 0.1) is 5.92 Å². The molecule has 0 atom stereocenters. The van der Waals surface area contributed by atoms with Crippen LogP contribution in [0.15, 0.2) is 58.3 Å². The number of benzene rings is 2. The van der Waals surface area contributed by atoms with Crippen molar-refractivity contribution in [3.63, 3.8) is 0 Å². The highest BCUT2D eigenvalue weighted by molar-refractivity contribution is 7.89. The molecule has 0 saturated carbocycles. The van der Waals surface area contributed by atoms with Gasteiger partial charge in [0.25, 0.3) is 0 Å². The number of morpholine rings is 1. The third-order valence-electron chi connectivity index (χ3n) is 6.38. The lowest BCUT2D eigenvalue weighted by Gasteiger charge is -2.30. The van der Waals surface area contributed by atoms with Gasteiger partial charge in [0.1, 0.15) is 12.4 Å². The molecular formula is C24H30ClN3O7S2. The van der Waals surface area contributed by atoms with Gasteiger partial charge in [-0.25, -0.2) is 16.8 Å². The van der Waals surface area contributed by atoms with Crippen LogP contribution in [-0.2, 0) is 29.6 Å².